The molecule has 2 aromatic rings. The number of aliphatic hydroxyl groups is 1. The molecule has 1 atom stereocenters. The first-order valence-electron chi connectivity index (χ1n) is 8.27. The van der Waals surface area contributed by atoms with Crippen LogP contribution in [0.1, 0.15) is 36.4 Å². The molecule has 0 aromatic carbocycles. The third-order valence-electron chi connectivity index (χ3n) is 3.52. The van der Waals surface area contributed by atoms with Gasteiger partial charge in [0.25, 0.3) is 0 Å². The van der Waals surface area contributed by atoms with E-state index in [9.17, 15) is 5.11 Å². The summed E-state index contributed by atoms with van der Waals surface area (Å²) in [6.07, 6.45) is 5.37. The van der Waals surface area contributed by atoms with Gasteiger partial charge in [-0.2, -0.15) is 0 Å². The van der Waals surface area contributed by atoms with Crippen LogP contribution in [0.15, 0.2) is 34.0 Å². The molecule has 0 aliphatic heterocycles. The molecule has 0 aliphatic rings. The molecule has 0 radical (unpaired) electrons. The minimum absolute atomic E-state index is 0. The zero-order valence-corrected chi connectivity index (χ0v) is 18.1. The summed E-state index contributed by atoms with van der Waals surface area (Å²) in [5, 5.41) is 18.0. The minimum atomic E-state index is -1.13. The van der Waals surface area contributed by atoms with Gasteiger partial charge in [0.15, 0.2) is 5.96 Å². The Balaban J connectivity index is 0.00000312. The van der Waals surface area contributed by atoms with Crippen LogP contribution in [-0.4, -0.2) is 35.7 Å². The van der Waals surface area contributed by atoms with Crippen LogP contribution in [0.3, 0.4) is 0 Å². The first-order valence-corrected chi connectivity index (χ1v) is 9.09. The van der Waals surface area contributed by atoms with Crippen LogP contribution in [0.25, 0.3) is 0 Å². The van der Waals surface area contributed by atoms with Gasteiger partial charge in [-0.3, -0.25) is 0 Å². The van der Waals surface area contributed by atoms with Gasteiger partial charge < -0.3 is 20.2 Å². The highest BCUT2D eigenvalue weighted by molar-refractivity contribution is 14.0. The van der Waals surface area contributed by atoms with Crippen molar-refractivity contribution < 1.29 is 9.52 Å². The van der Waals surface area contributed by atoms with Crippen molar-refractivity contribution in [1.29, 1.82) is 0 Å². The van der Waals surface area contributed by atoms with Crippen LogP contribution in [0.4, 0.5) is 0 Å². The van der Waals surface area contributed by atoms with Crippen molar-refractivity contribution in [3.63, 3.8) is 0 Å². The van der Waals surface area contributed by atoms with Crippen LogP contribution in [0.5, 0.6) is 0 Å². The van der Waals surface area contributed by atoms with Gasteiger partial charge in [0.2, 0.25) is 0 Å². The maximum Gasteiger partial charge on any atom is 0.191 e. The van der Waals surface area contributed by atoms with Gasteiger partial charge in [-0.25, -0.2) is 9.98 Å². The first-order chi connectivity index (χ1) is 11.5. The SMILES string of the molecule is CCNC(=NCC(C)(O)c1ccco1)NCCc1ncc(CC)s1.I. The van der Waals surface area contributed by atoms with E-state index in [0.717, 1.165) is 30.9 Å². The van der Waals surface area contributed by atoms with Crippen LogP contribution >= 0.6 is 35.3 Å². The van der Waals surface area contributed by atoms with Crippen LogP contribution in [0, 0.1) is 0 Å². The van der Waals surface area contributed by atoms with Gasteiger partial charge in [0.05, 0.1) is 17.8 Å². The highest BCUT2D eigenvalue weighted by Gasteiger charge is 2.26. The largest absolute Gasteiger partial charge is 0.466 e. The number of thiazole rings is 1. The molecule has 140 valence electrons. The normalized spacial score (nSPS) is 13.8. The number of aryl methyl sites for hydroxylation is 1. The Morgan fingerprint density at radius 2 is 2.20 bits per heavy atom. The summed E-state index contributed by atoms with van der Waals surface area (Å²) in [6, 6.07) is 3.51. The molecule has 2 aromatic heterocycles. The molecule has 0 aliphatic carbocycles. The van der Waals surface area contributed by atoms with Gasteiger partial charge in [-0.15, -0.1) is 35.3 Å². The van der Waals surface area contributed by atoms with E-state index in [1.807, 2.05) is 13.1 Å². The van der Waals surface area contributed by atoms with Crippen LogP contribution < -0.4 is 10.6 Å². The van der Waals surface area contributed by atoms with E-state index in [-0.39, 0.29) is 30.5 Å². The summed E-state index contributed by atoms with van der Waals surface area (Å²) in [5.74, 6) is 1.19. The van der Waals surface area contributed by atoms with E-state index in [1.54, 1.807) is 36.7 Å². The number of hydrogen-bond donors (Lipinski definition) is 3. The highest BCUT2D eigenvalue weighted by atomic mass is 127. The number of hydrogen-bond acceptors (Lipinski definition) is 5. The molecule has 0 amide bonds. The van der Waals surface area contributed by atoms with Gasteiger partial charge in [0.1, 0.15) is 11.4 Å². The smallest absolute Gasteiger partial charge is 0.191 e. The molecule has 25 heavy (non-hydrogen) atoms. The molecule has 8 heteroatoms. The van der Waals surface area contributed by atoms with Gasteiger partial charge in [0, 0.05) is 30.6 Å². The van der Waals surface area contributed by atoms with Gasteiger partial charge >= 0.3 is 0 Å². The lowest BCUT2D eigenvalue weighted by Gasteiger charge is -2.19. The number of nitrogens with one attached hydrogen (secondary N) is 2. The maximum atomic E-state index is 10.5. The van der Waals surface area contributed by atoms with Crippen molar-refractivity contribution in [2.45, 2.75) is 39.2 Å². The average molecular weight is 478 g/mol. The van der Waals surface area contributed by atoms with Crippen molar-refractivity contribution in [2.24, 2.45) is 4.99 Å². The Morgan fingerprint density at radius 1 is 1.40 bits per heavy atom. The highest BCUT2D eigenvalue weighted by Crippen LogP contribution is 2.21. The van der Waals surface area contributed by atoms with Crippen molar-refractivity contribution >= 4 is 41.3 Å². The fraction of sp³-hybridized carbons (Fsp3) is 0.529. The molecule has 2 heterocycles. The number of aromatic nitrogens is 1. The summed E-state index contributed by atoms with van der Waals surface area (Å²) < 4.78 is 5.28. The Kier molecular flexibility index (Phi) is 9.44. The molecule has 0 saturated carbocycles. The second kappa shape index (κ2) is 10.8. The van der Waals surface area contributed by atoms with Gasteiger partial charge in [-0.05, 0) is 32.4 Å². The molecule has 0 bridgehead atoms. The minimum Gasteiger partial charge on any atom is -0.466 e. The predicted molar refractivity (Wildman–Crippen MR) is 113 cm³/mol. The number of aliphatic imine (C=N–C) groups is 1. The Hall–Kier alpha value is -1.13. The zero-order valence-electron chi connectivity index (χ0n) is 14.9. The van der Waals surface area contributed by atoms with Crippen molar-refractivity contribution in [1.82, 2.24) is 15.6 Å². The molecule has 2 rings (SSSR count). The summed E-state index contributed by atoms with van der Waals surface area (Å²) in [4.78, 5) is 10.2. The molecule has 0 fully saturated rings. The van der Waals surface area contributed by atoms with Crippen molar-refractivity contribution in [2.75, 3.05) is 19.6 Å². The molecule has 0 saturated heterocycles. The Labute approximate surface area is 170 Å². The summed E-state index contributed by atoms with van der Waals surface area (Å²) in [6.45, 7) is 7.55. The third-order valence-corrected chi connectivity index (χ3v) is 4.72. The van der Waals surface area contributed by atoms with E-state index < -0.39 is 5.60 Å². The van der Waals surface area contributed by atoms with Crippen molar-refractivity contribution in [3.05, 3.63) is 40.2 Å². The van der Waals surface area contributed by atoms with Crippen LogP contribution in [-0.2, 0) is 18.4 Å². The molecule has 1 unspecified atom stereocenters. The standard InChI is InChI=1S/C17H26N4O2S.HI/c1-4-13-11-20-15(24-13)8-9-19-16(18-5-2)21-12-17(3,22)14-7-6-10-23-14;/h6-7,10-11,22H,4-5,8-9,12H2,1-3H3,(H2,18,19,21);1H. The lowest BCUT2D eigenvalue weighted by Crippen LogP contribution is -2.39. The van der Waals surface area contributed by atoms with Crippen molar-refractivity contribution in [3.8, 4) is 0 Å². The van der Waals surface area contributed by atoms with E-state index in [2.05, 4.69) is 27.5 Å². The summed E-state index contributed by atoms with van der Waals surface area (Å²) in [7, 11) is 0. The quantitative estimate of drug-likeness (QED) is 0.309. The van der Waals surface area contributed by atoms with E-state index >= 15 is 0 Å². The van der Waals surface area contributed by atoms with E-state index in [0.29, 0.717) is 11.7 Å². The predicted octanol–water partition coefficient (Wildman–Crippen LogP) is 2.92. The molecule has 0 spiro atoms. The number of guanidine groups is 1. The second-order valence-corrected chi connectivity index (χ2v) is 6.90. The molecule has 6 nitrogen and oxygen atoms in total. The Bertz CT molecular complexity index is 641. The maximum absolute atomic E-state index is 10.5. The summed E-state index contributed by atoms with van der Waals surface area (Å²) >= 11 is 1.75. The van der Waals surface area contributed by atoms with Gasteiger partial charge in [-0.1, -0.05) is 6.92 Å². The Morgan fingerprint density at radius 3 is 2.80 bits per heavy atom. The fourth-order valence-electron chi connectivity index (χ4n) is 2.15. The number of halogens is 1. The number of nitrogens with zero attached hydrogens (tertiary/aromatic N) is 2. The van der Waals surface area contributed by atoms with Crippen LogP contribution in [0.2, 0.25) is 0 Å². The molecule has 3 N–H and O–H groups in total. The number of rotatable bonds is 8. The molecular formula is C17H27IN4O2S. The third kappa shape index (κ3) is 6.95. The zero-order chi connectivity index (χ0) is 17.4. The number of furan rings is 1. The second-order valence-electron chi connectivity index (χ2n) is 5.70. The lowest BCUT2D eigenvalue weighted by atomic mass is 10.0. The fourth-order valence-corrected chi connectivity index (χ4v) is 3.01. The lowest BCUT2D eigenvalue weighted by molar-refractivity contribution is 0.0437. The molecular weight excluding hydrogens is 451 g/mol. The monoisotopic (exact) mass is 478 g/mol. The summed E-state index contributed by atoms with van der Waals surface area (Å²) in [5.41, 5.74) is -1.13. The first kappa shape index (κ1) is 21.9. The average Bonchev–Trinajstić information content (AvgIpc) is 3.24. The van der Waals surface area contributed by atoms with E-state index in [4.69, 9.17) is 4.42 Å². The topological polar surface area (TPSA) is 82.7 Å². The van der Waals surface area contributed by atoms with E-state index in [1.165, 1.54) is 4.88 Å².